The first kappa shape index (κ1) is 52.4. The van der Waals surface area contributed by atoms with Gasteiger partial charge in [0.25, 0.3) is 0 Å². The molecule has 6 aromatic rings. The van der Waals surface area contributed by atoms with Crippen molar-refractivity contribution >= 4 is 87.2 Å². The normalized spacial score (nSPS) is 20.5. The molecule has 388 valence electrons. The van der Waals surface area contributed by atoms with Crippen molar-refractivity contribution in [3.8, 4) is 45.5 Å². The lowest BCUT2D eigenvalue weighted by Gasteiger charge is -2.38. The highest BCUT2D eigenvalue weighted by atomic mass is 35.5. The van der Waals surface area contributed by atoms with Crippen LogP contribution in [0.3, 0.4) is 0 Å². The summed E-state index contributed by atoms with van der Waals surface area (Å²) >= 11 is 27.2. The molecule has 4 aliphatic heterocycles. The zero-order valence-corrected chi connectivity index (χ0v) is 44.3. The van der Waals surface area contributed by atoms with E-state index in [-0.39, 0.29) is 42.2 Å². The van der Waals surface area contributed by atoms with E-state index in [4.69, 9.17) is 90.5 Å². The van der Waals surface area contributed by atoms with Crippen LogP contribution in [0.4, 0.5) is 34.9 Å². The van der Waals surface area contributed by atoms with Gasteiger partial charge in [0.15, 0.2) is 0 Å². The molecule has 5 N–H and O–H groups in total. The van der Waals surface area contributed by atoms with Gasteiger partial charge in [-0.05, 0) is 57.0 Å². The van der Waals surface area contributed by atoms with Crippen LogP contribution in [0.1, 0.15) is 49.9 Å². The Kier molecular flexibility index (Phi) is 16.0. The Morgan fingerprint density at radius 2 is 1.11 bits per heavy atom. The highest BCUT2D eigenvalue weighted by Gasteiger charge is 2.39. The van der Waals surface area contributed by atoms with Crippen LogP contribution >= 0.6 is 46.4 Å². The first-order chi connectivity index (χ1) is 35.8. The van der Waals surface area contributed by atoms with Gasteiger partial charge in [0, 0.05) is 78.4 Å². The number of anilines is 6. The SMILES string of the molecule is C=CC(=O)N[C@H]1CCOC[C@H]1Nc1ncc2c(n1)-c1cccnc1N(c1c(Cl)c(OC)cc(OC)c1Cl)C2C.COc1cc(OC)c(Cl)c(N2c3ncccc3-c3nc(N[C@@H]4COCC[C@@H]4N)ncc3C2C)c1Cl. The minimum Gasteiger partial charge on any atom is -0.495 e. The molecule has 1 amide bonds. The molecule has 6 atom stereocenters. The van der Waals surface area contributed by atoms with Gasteiger partial charge >= 0.3 is 0 Å². The summed E-state index contributed by atoms with van der Waals surface area (Å²) in [5, 5.41) is 11.0. The second-order valence-corrected chi connectivity index (χ2v) is 19.1. The van der Waals surface area contributed by atoms with Gasteiger partial charge in [0.05, 0.1) is 94.6 Å². The third-order valence-corrected chi connectivity index (χ3v) is 14.8. The van der Waals surface area contributed by atoms with Crippen molar-refractivity contribution in [2.75, 3.05) is 75.3 Å². The van der Waals surface area contributed by atoms with Crippen LogP contribution in [0.25, 0.3) is 22.5 Å². The lowest BCUT2D eigenvalue weighted by atomic mass is 9.95. The fourth-order valence-electron chi connectivity index (χ4n) is 9.45. The Balaban J connectivity index is 0.000000183. The topological polar surface area (TPSA) is 218 Å². The first-order valence-corrected chi connectivity index (χ1v) is 25.1. The molecule has 0 saturated carbocycles. The number of aromatic nitrogens is 6. The van der Waals surface area contributed by atoms with E-state index in [2.05, 4.69) is 42.5 Å². The van der Waals surface area contributed by atoms with Crippen molar-refractivity contribution in [1.29, 1.82) is 0 Å². The molecule has 0 spiro atoms. The molecule has 23 heteroatoms. The van der Waals surface area contributed by atoms with Crippen LogP contribution in [0, 0.1) is 0 Å². The van der Waals surface area contributed by atoms with Crippen molar-refractivity contribution in [2.24, 2.45) is 5.73 Å². The van der Waals surface area contributed by atoms with Gasteiger partial charge in [-0.15, -0.1) is 0 Å². The summed E-state index contributed by atoms with van der Waals surface area (Å²) < 4.78 is 33.2. The van der Waals surface area contributed by atoms with Crippen LogP contribution in [0.5, 0.6) is 23.0 Å². The van der Waals surface area contributed by atoms with Gasteiger partial charge in [-0.2, -0.15) is 0 Å². The average molecular weight is 1090 g/mol. The molecule has 4 aliphatic rings. The second kappa shape index (κ2) is 22.6. The molecule has 19 nitrogen and oxygen atoms in total. The molecule has 0 radical (unpaired) electrons. The number of rotatable bonds is 12. The molecule has 10 rings (SSSR count). The van der Waals surface area contributed by atoms with E-state index in [9.17, 15) is 4.79 Å². The molecule has 4 aromatic heterocycles. The van der Waals surface area contributed by atoms with E-state index < -0.39 is 0 Å². The Bertz CT molecular complexity index is 3030. The van der Waals surface area contributed by atoms with Crippen molar-refractivity contribution in [2.45, 2.75) is 62.9 Å². The maximum absolute atomic E-state index is 11.9. The molecule has 0 aliphatic carbocycles. The number of fused-ring (bicyclic) bond motifs is 6. The number of carbonyl (C=O) groups excluding carboxylic acids is 1. The lowest BCUT2D eigenvalue weighted by molar-refractivity contribution is -0.117. The van der Waals surface area contributed by atoms with Gasteiger partial charge in [0.1, 0.15) is 54.7 Å². The average Bonchev–Trinajstić information content (AvgIpc) is 3.42. The Morgan fingerprint density at radius 1 is 0.676 bits per heavy atom. The van der Waals surface area contributed by atoms with E-state index in [0.717, 1.165) is 40.1 Å². The molecule has 2 saturated heterocycles. The van der Waals surface area contributed by atoms with Gasteiger partial charge in [0.2, 0.25) is 17.8 Å². The highest BCUT2D eigenvalue weighted by Crippen LogP contribution is 2.56. The van der Waals surface area contributed by atoms with Gasteiger partial charge in [-0.3, -0.25) is 4.79 Å². The lowest BCUT2D eigenvalue weighted by Crippen LogP contribution is -2.52. The summed E-state index contributed by atoms with van der Waals surface area (Å²) in [5.74, 6) is 3.69. The Hall–Kier alpha value is -6.45. The summed E-state index contributed by atoms with van der Waals surface area (Å²) in [6.45, 7) is 9.70. The highest BCUT2D eigenvalue weighted by molar-refractivity contribution is 6.42. The van der Waals surface area contributed by atoms with E-state index in [1.807, 2.05) is 54.1 Å². The molecule has 2 aromatic carbocycles. The molecule has 8 heterocycles. The number of nitrogens with zero attached hydrogens (tertiary/aromatic N) is 8. The van der Waals surface area contributed by atoms with Crippen LogP contribution in [0.15, 0.2) is 73.8 Å². The molecule has 2 unspecified atom stereocenters. The number of halogens is 4. The van der Waals surface area contributed by atoms with E-state index in [0.29, 0.717) is 111 Å². The summed E-state index contributed by atoms with van der Waals surface area (Å²) in [6.07, 6.45) is 9.72. The largest absolute Gasteiger partial charge is 0.495 e. The Labute approximate surface area is 448 Å². The van der Waals surface area contributed by atoms with Crippen LogP contribution in [-0.2, 0) is 14.3 Å². The smallest absolute Gasteiger partial charge is 0.243 e. The maximum Gasteiger partial charge on any atom is 0.243 e. The molecule has 2 fully saturated rings. The van der Waals surface area contributed by atoms with E-state index in [1.165, 1.54) is 20.3 Å². The molecular formula is C51H54Cl4N12O7. The molecule has 74 heavy (non-hydrogen) atoms. The van der Waals surface area contributed by atoms with Crippen molar-refractivity contribution in [3.05, 3.63) is 105 Å². The van der Waals surface area contributed by atoms with Crippen molar-refractivity contribution < 1.29 is 33.2 Å². The predicted octanol–water partition coefficient (Wildman–Crippen LogP) is 9.55. The fraction of sp³-hybridized carbons (Fsp3) is 0.353. The fourth-order valence-corrected chi connectivity index (χ4v) is 10.8. The van der Waals surface area contributed by atoms with Crippen LogP contribution < -0.4 is 50.4 Å². The first-order valence-electron chi connectivity index (χ1n) is 23.6. The summed E-state index contributed by atoms with van der Waals surface area (Å²) in [6, 6.07) is 9.94. The summed E-state index contributed by atoms with van der Waals surface area (Å²) in [7, 11) is 6.16. The molecule has 0 bridgehead atoms. The summed E-state index contributed by atoms with van der Waals surface area (Å²) in [5.41, 5.74) is 12.2. The van der Waals surface area contributed by atoms with Gasteiger partial charge in [-0.1, -0.05) is 53.0 Å². The number of hydrogen-bond acceptors (Lipinski definition) is 18. The van der Waals surface area contributed by atoms with Crippen LogP contribution in [-0.4, -0.2) is 115 Å². The number of hydrogen-bond donors (Lipinski definition) is 4. The van der Waals surface area contributed by atoms with Crippen LogP contribution in [0.2, 0.25) is 20.1 Å². The maximum atomic E-state index is 11.9. The Morgan fingerprint density at radius 3 is 1.54 bits per heavy atom. The van der Waals surface area contributed by atoms with Gasteiger partial charge in [-0.25, -0.2) is 29.9 Å². The number of amides is 1. The minimum absolute atomic E-state index is 0.0286. The number of pyridine rings is 2. The predicted molar refractivity (Wildman–Crippen MR) is 287 cm³/mol. The second-order valence-electron chi connectivity index (χ2n) is 17.6. The van der Waals surface area contributed by atoms with Crippen molar-refractivity contribution in [3.63, 3.8) is 0 Å². The number of nitrogens with one attached hydrogen (secondary N) is 3. The number of carbonyl (C=O) groups is 1. The van der Waals surface area contributed by atoms with E-state index >= 15 is 0 Å². The van der Waals surface area contributed by atoms with Crippen molar-refractivity contribution in [1.82, 2.24) is 35.2 Å². The monoisotopic (exact) mass is 1090 g/mol. The van der Waals surface area contributed by atoms with E-state index in [1.54, 1.807) is 44.9 Å². The number of ether oxygens (including phenoxy) is 6. The van der Waals surface area contributed by atoms with Gasteiger partial charge < -0.3 is 59.9 Å². The quantitative estimate of drug-likeness (QED) is 0.0839. The number of nitrogens with two attached hydrogens (primary N) is 1. The summed E-state index contributed by atoms with van der Waals surface area (Å²) in [4.78, 5) is 44.2. The zero-order chi connectivity index (χ0) is 52.4. The standard InChI is InChI=1S/C27H28Cl2N6O4.C24H26Cl2N6O3/c1-5-21(36)32-17-8-10-39-13-18(17)33-27-31-12-16-14(2)35(26-15(24(16)34-27)7-6-9-30-26)25-22(28)19(37-3)11-20(38-4)23(25)29;1-12-14-10-29-24(30-16-11-35-8-6-15(16)27)31-21(14)13-5-4-7-28-23(13)32(12)22-19(25)17(33-2)9-18(34-3)20(22)26/h5-7,9,11-12,14,17-18H,1,8,10,13H2,2-4H3,(H,32,36)(H,31,33,34);4-5,7,9-10,12,15-16H,6,8,11,27H2,1-3H3,(H,29,30,31)/t14?,17-,18+;12?,15-,16+/m00/s1. The molecular weight excluding hydrogens is 1030 g/mol. The minimum atomic E-state index is -0.291. The zero-order valence-electron chi connectivity index (χ0n) is 41.3. The number of methoxy groups -OCH3 is 4. The third-order valence-electron chi connectivity index (χ3n) is 13.3. The third kappa shape index (κ3) is 9.97. The number of benzene rings is 2.